The molecule has 1 heterocycles. The molecule has 1 amide bonds. The Labute approximate surface area is 343 Å². The third kappa shape index (κ3) is 9.33. The smallest absolute Gasteiger partial charge is 0.411 e. The van der Waals surface area contributed by atoms with Crippen LogP contribution in [0.15, 0.2) is 89.3 Å². The third-order valence-corrected chi connectivity index (χ3v) is 16.9. The summed E-state index contributed by atoms with van der Waals surface area (Å²) in [7, 11) is -7.77. The molecule has 1 saturated heterocycles. The molecule has 5 rings (SSSR count). The van der Waals surface area contributed by atoms with E-state index in [9.17, 15) is 4.79 Å². The number of hydrogen-bond acceptors (Lipinski definition) is 6. The van der Waals surface area contributed by atoms with Crippen LogP contribution >= 0.6 is 7.14 Å². The normalized spacial score (nSPS) is 21.0. The number of carbonyl (C=O) groups is 1. The Bertz CT molecular complexity index is 1930. The molecule has 1 aliphatic carbocycles. The molecule has 4 atom stereocenters. The summed E-state index contributed by atoms with van der Waals surface area (Å²) >= 11 is 0. The van der Waals surface area contributed by atoms with Crippen LogP contribution in [0, 0.1) is 5.92 Å². The maximum atomic E-state index is 16.0. The van der Waals surface area contributed by atoms with E-state index in [2.05, 4.69) is 53.7 Å². The summed E-state index contributed by atoms with van der Waals surface area (Å²) in [4.78, 5) is 16.3. The zero-order chi connectivity index (χ0) is 41.8. The first-order valence-electron chi connectivity index (χ1n) is 21.2. The topological polar surface area (TPSA) is 93.2 Å². The first-order valence-corrected chi connectivity index (χ1v) is 24.4. The quantitative estimate of drug-likeness (QED) is 0.119. The fraction of sp³-hybridized carbons (Fsp3) is 0.553. The van der Waals surface area contributed by atoms with Gasteiger partial charge in [-0.1, -0.05) is 133 Å². The molecule has 0 unspecified atom stereocenters. The van der Waals surface area contributed by atoms with Crippen LogP contribution in [0.5, 0.6) is 0 Å². The maximum Gasteiger partial charge on any atom is 0.411 e. The Hall–Kier alpha value is -3.23. The summed E-state index contributed by atoms with van der Waals surface area (Å²) in [5.41, 5.74) is 3.72. The second-order valence-electron chi connectivity index (χ2n) is 17.4. The lowest BCUT2D eigenvalue weighted by Gasteiger charge is -2.38. The lowest BCUT2D eigenvalue weighted by molar-refractivity contribution is 0.0218. The Kier molecular flexibility index (Phi) is 14.8. The van der Waals surface area contributed by atoms with Gasteiger partial charge in [0.2, 0.25) is 10.0 Å². The molecule has 1 saturated carbocycles. The first kappa shape index (κ1) is 44.9. The number of hydrogen-bond donors (Lipinski definition) is 0. The van der Waals surface area contributed by atoms with E-state index in [1.807, 2.05) is 101 Å². The van der Waals surface area contributed by atoms with Crippen molar-refractivity contribution in [1.29, 1.82) is 0 Å². The average Bonchev–Trinajstić information content (AvgIpc) is 3.62. The Morgan fingerprint density at radius 2 is 1.37 bits per heavy atom. The number of carbonyl (C=O) groups excluding carboxylic acids is 1. The van der Waals surface area contributed by atoms with Gasteiger partial charge in [0, 0.05) is 28.6 Å². The molecule has 0 spiro atoms. The molecule has 2 fully saturated rings. The summed E-state index contributed by atoms with van der Waals surface area (Å²) in [5, 5.41) is 1.16. The van der Waals surface area contributed by atoms with Crippen molar-refractivity contribution in [3.63, 3.8) is 0 Å². The molecule has 3 aromatic rings. The fourth-order valence-electron chi connectivity index (χ4n) is 8.70. The summed E-state index contributed by atoms with van der Waals surface area (Å²) in [6.07, 6.45) is 4.27. The van der Waals surface area contributed by atoms with E-state index >= 15 is 13.0 Å². The van der Waals surface area contributed by atoms with Gasteiger partial charge in [0.05, 0.1) is 17.5 Å². The van der Waals surface area contributed by atoms with Crippen molar-refractivity contribution in [3.05, 3.63) is 101 Å². The average molecular weight is 819 g/mol. The number of nitrogens with zero attached hydrogens (tertiary/aromatic N) is 2. The predicted octanol–water partition coefficient (Wildman–Crippen LogP) is 10.9. The van der Waals surface area contributed by atoms with Gasteiger partial charge in [0.25, 0.3) is 0 Å². The standard InChI is InChI=1S/C47H67N2O6PS/c1-12-38-30-54-46(49(38)57(52,53)45-42(32(4)5)27-37(31(2)3)28-43(45)33(6)7)41-26-20-19-21-36(41)29-44(55-47(50)48(34(8)9)35(10)11)56(51,39-22-15-13-16-23-39)40-24-17-14-18-25-40/h13-18,22-25,27-29,31-35,38,41,44,46H,12,19-21,26,30H2,1-11H3/b36-29+/t38-,41-,44+,46-/m1/s1. The van der Waals surface area contributed by atoms with Gasteiger partial charge >= 0.3 is 6.09 Å². The third-order valence-electron chi connectivity index (χ3n) is 11.7. The molecule has 312 valence electrons. The van der Waals surface area contributed by atoms with Gasteiger partial charge in [-0.15, -0.1) is 0 Å². The van der Waals surface area contributed by atoms with Gasteiger partial charge in [-0.05, 0) is 93.9 Å². The van der Waals surface area contributed by atoms with Crippen LogP contribution in [-0.2, 0) is 24.1 Å². The molecular weight excluding hydrogens is 752 g/mol. The highest BCUT2D eigenvalue weighted by atomic mass is 32.2. The van der Waals surface area contributed by atoms with Gasteiger partial charge in [-0.25, -0.2) is 13.2 Å². The lowest BCUT2D eigenvalue weighted by atomic mass is 9.82. The summed E-state index contributed by atoms with van der Waals surface area (Å²) in [5.74, 6) is -1.28. The van der Waals surface area contributed by atoms with Crippen LogP contribution in [0.4, 0.5) is 4.79 Å². The lowest BCUT2D eigenvalue weighted by Crippen LogP contribution is -2.47. The fourth-order valence-corrected chi connectivity index (χ4v) is 13.9. The van der Waals surface area contributed by atoms with Crippen LogP contribution in [0.3, 0.4) is 0 Å². The van der Waals surface area contributed by atoms with E-state index in [0.29, 0.717) is 34.8 Å². The molecule has 0 N–H and O–H groups in total. The summed E-state index contributed by atoms with van der Waals surface area (Å²) in [6.45, 7) is 22.7. The number of sulfonamides is 1. The Balaban J connectivity index is 1.71. The van der Waals surface area contributed by atoms with Crippen LogP contribution in [0.1, 0.15) is 143 Å². The van der Waals surface area contributed by atoms with Crippen LogP contribution in [0.2, 0.25) is 0 Å². The highest BCUT2D eigenvalue weighted by Gasteiger charge is 2.49. The van der Waals surface area contributed by atoms with Crippen molar-refractivity contribution < 1.29 is 27.3 Å². The van der Waals surface area contributed by atoms with Gasteiger partial charge in [0.15, 0.2) is 13.0 Å². The molecule has 0 bridgehead atoms. The second kappa shape index (κ2) is 18.8. The van der Waals surface area contributed by atoms with Gasteiger partial charge in [-0.2, -0.15) is 4.31 Å². The Morgan fingerprint density at radius 3 is 1.82 bits per heavy atom. The van der Waals surface area contributed by atoms with Gasteiger partial charge < -0.3 is 18.9 Å². The summed E-state index contributed by atoms with van der Waals surface area (Å²) in [6, 6.07) is 22.1. The molecule has 0 aromatic heterocycles. The van der Waals surface area contributed by atoms with Gasteiger partial charge in [0.1, 0.15) is 6.23 Å². The van der Waals surface area contributed by atoms with Crippen molar-refractivity contribution in [3.8, 4) is 0 Å². The van der Waals surface area contributed by atoms with E-state index in [-0.39, 0.29) is 48.4 Å². The molecule has 57 heavy (non-hydrogen) atoms. The first-order chi connectivity index (χ1) is 26.9. The zero-order valence-electron chi connectivity index (χ0n) is 36.1. The monoisotopic (exact) mass is 818 g/mol. The molecular formula is C47H67N2O6PS. The highest BCUT2D eigenvalue weighted by molar-refractivity contribution is 7.89. The molecule has 10 heteroatoms. The van der Waals surface area contributed by atoms with E-state index in [1.54, 1.807) is 9.21 Å². The highest BCUT2D eigenvalue weighted by Crippen LogP contribution is 2.52. The molecule has 8 nitrogen and oxygen atoms in total. The van der Waals surface area contributed by atoms with Crippen LogP contribution < -0.4 is 10.6 Å². The van der Waals surface area contributed by atoms with E-state index in [1.165, 1.54) is 0 Å². The largest absolute Gasteiger partial charge is 0.433 e. The maximum absolute atomic E-state index is 16.0. The number of ether oxygens (including phenoxy) is 2. The minimum atomic E-state index is -4.07. The zero-order valence-corrected chi connectivity index (χ0v) is 37.9. The number of benzene rings is 3. The predicted molar refractivity (Wildman–Crippen MR) is 234 cm³/mol. The van der Waals surface area contributed by atoms with E-state index in [4.69, 9.17) is 9.47 Å². The van der Waals surface area contributed by atoms with Crippen molar-refractivity contribution in [2.75, 3.05) is 6.61 Å². The SMILES string of the molecule is CC[C@@H]1CO[C@H]([C@@H]2CCCC/C2=C\[C@@H](OC(=O)N(C(C)C)C(C)C)P(=O)(c2ccccc2)c2ccccc2)N1S(=O)(=O)c1c(C(C)C)cc(C(C)C)cc1C(C)C. The minimum absolute atomic E-state index is 0.0186. The Morgan fingerprint density at radius 1 is 0.842 bits per heavy atom. The van der Waals surface area contributed by atoms with Crippen LogP contribution in [0.25, 0.3) is 0 Å². The number of amides is 1. The number of rotatable bonds is 14. The van der Waals surface area contributed by atoms with Crippen molar-refractivity contribution >= 4 is 33.9 Å². The van der Waals surface area contributed by atoms with Crippen molar-refractivity contribution in [2.24, 2.45) is 5.92 Å². The van der Waals surface area contributed by atoms with E-state index in [0.717, 1.165) is 35.1 Å². The molecule has 3 aromatic carbocycles. The van der Waals surface area contributed by atoms with Crippen molar-refractivity contribution in [2.45, 2.75) is 161 Å². The minimum Gasteiger partial charge on any atom is -0.433 e. The van der Waals surface area contributed by atoms with E-state index < -0.39 is 35.3 Å². The molecule has 2 aliphatic rings. The second-order valence-corrected chi connectivity index (χ2v) is 22.0. The van der Waals surface area contributed by atoms with Crippen LogP contribution in [-0.4, -0.2) is 60.5 Å². The van der Waals surface area contributed by atoms with Crippen molar-refractivity contribution in [1.82, 2.24) is 9.21 Å². The van der Waals surface area contributed by atoms with Gasteiger partial charge in [-0.3, -0.25) is 0 Å². The summed E-state index contributed by atoms with van der Waals surface area (Å²) < 4.78 is 61.9. The molecule has 1 aliphatic heterocycles. The molecule has 0 radical (unpaired) electrons.